The smallest absolute Gasteiger partial charge is 0.393 e. The van der Waals surface area contributed by atoms with Gasteiger partial charge in [-0.05, 0) is 62.9 Å². The van der Waals surface area contributed by atoms with Crippen LogP contribution in [0.15, 0.2) is 41.9 Å². The van der Waals surface area contributed by atoms with Crippen molar-refractivity contribution in [2.75, 3.05) is 33.4 Å². The molecule has 0 spiro atoms. The van der Waals surface area contributed by atoms with Gasteiger partial charge in [0.1, 0.15) is 12.1 Å². The summed E-state index contributed by atoms with van der Waals surface area (Å²) in [5.41, 5.74) is 8.80. The molecule has 0 aliphatic carbocycles. The Morgan fingerprint density at radius 2 is 1.87 bits per heavy atom. The normalized spacial score (nSPS) is 21.9. The summed E-state index contributed by atoms with van der Waals surface area (Å²) in [5.74, 6) is -5.23. The lowest BCUT2D eigenvalue weighted by Gasteiger charge is -2.35. The van der Waals surface area contributed by atoms with Crippen molar-refractivity contribution in [3.05, 3.63) is 58.2 Å². The molecule has 21 heteroatoms. The average molecular weight is 966 g/mol. The van der Waals surface area contributed by atoms with E-state index in [-0.39, 0.29) is 106 Å². The molecule has 2 saturated heterocycles. The molecule has 6 heterocycles. The molecule has 61 heavy (non-hydrogen) atoms. The van der Waals surface area contributed by atoms with E-state index in [4.69, 9.17) is 19.4 Å². The number of hydrogen-bond donors (Lipinski definition) is 3. The summed E-state index contributed by atoms with van der Waals surface area (Å²) in [6.07, 6.45) is -1.72. The van der Waals surface area contributed by atoms with Gasteiger partial charge in [-0.1, -0.05) is 19.9 Å². The number of halogens is 3. The van der Waals surface area contributed by atoms with Crippen LogP contribution in [0.3, 0.4) is 0 Å². The van der Waals surface area contributed by atoms with Gasteiger partial charge in [-0.15, -0.1) is 11.3 Å². The minimum absolute atomic E-state index is 0. The number of alkyl halides is 3. The van der Waals surface area contributed by atoms with E-state index in [2.05, 4.69) is 59.6 Å². The minimum atomic E-state index is -4.59. The molecule has 3 N–H and O–H groups in total. The number of thiazole rings is 1. The first kappa shape index (κ1) is 54.5. The predicted molar refractivity (Wildman–Crippen MR) is 257 cm³/mol. The van der Waals surface area contributed by atoms with Gasteiger partial charge in [0.25, 0.3) is 5.91 Å². The number of fused-ring (bicyclic) bond motifs is 6. The van der Waals surface area contributed by atoms with Crippen LogP contribution in [0.5, 0.6) is 0 Å². The van der Waals surface area contributed by atoms with Gasteiger partial charge < -0.3 is 24.7 Å². The molecule has 0 unspecified atom stereocenters. The molecule has 3 aliphatic rings. The lowest BCUT2D eigenvalue weighted by molar-refractivity contribution is -0.182. The summed E-state index contributed by atoms with van der Waals surface area (Å²) in [7, 11) is 1.66. The van der Waals surface area contributed by atoms with Crippen LogP contribution in [0.25, 0.3) is 33.4 Å². The Morgan fingerprint density at radius 1 is 1.13 bits per heavy atom. The van der Waals surface area contributed by atoms with Crippen LogP contribution in [-0.4, -0.2) is 88.9 Å². The van der Waals surface area contributed by atoms with Gasteiger partial charge in [-0.3, -0.25) is 24.4 Å². The number of ether oxygens (including phenoxy) is 2. The van der Waals surface area contributed by atoms with Crippen LogP contribution < -0.4 is 16.1 Å². The van der Waals surface area contributed by atoms with Crippen LogP contribution in [0.2, 0.25) is 0 Å². The molecule has 340 valence electrons. The second-order valence-corrected chi connectivity index (χ2v) is 16.6. The summed E-state index contributed by atoms with van der Waals surface area (Å²) in [5, 5.41) is 10.0. The number of benzene rings is 1. The van der Waals surface area contributed by atoms with Gasteiger partial charge in [-0.2, -0.15) is 80.6 Å². The van der Waals surface area contributed by atoms with Gasteiger partial charge >= 0.3 is 12.1 Å². The summed E-state index contributed by atoms with van der Waals surface area (Å²) >= 11 is 1.31. The molecule has 6 bridgehead atoms. The van der Waals surface area contributed by atoms with Crippen LogP contribution in [-0.2, 0) is 43.2 Å². The van der Waals surface area contributed by atoms with Gasteiger partial charge in [-0.25, -0.2) is 10.4 Å². The van der Waals surface area contributed by atoms with E-state index in [0.29, 0.717) is 36.5 Å². The van der Waals surface area contributed by atoms with Crippen molar-refractivity contribution in [2.24, 2.45) is 17.3 Å². The third-order valence-electron chi connectivity index (χ3n) is 11.1. The maximum atomic E-state index is 14.1. The fourth-order valence-corrected chi connectivity index (χ4v) is 8.99. The van der Waals surface area contributed by atoms with E-state index < -0.39 is 53.3 Å². The molecular weight excluding hydrogens is 908 g/mol. The number of methoxy groups -OCH3 is 1. The highest BCUT2D eigenvalue weighted by Gasteiger charge is 2.50. The summed E-state index contributed by atoms with van der Waals surface area (Å²) in [6.45, 7) is 8.62. The Balaban J connectivity index is 0.00000256. The highest BCUT2D eigenvalue weighted by atomic mass is 32.1. The molecule has 12 nitrogen and oxygen atoms in total. The van der Waals surface area contributed by atoms with Gasteiger partial charge in [0.05, 0.1) is 46.6 Å². The van der Waals surface area contributed by atoms with Gasteiger partial charge in [0.15, 0.2) is 0 Å². The van der Waals surface area contributed by atoms with Crippen molar-refractivity contribution in [1.29, 1.82) is 0 Å². The number of nitrogens with one attached hydrogen (secondary N) is 3. The van der Waals surface area contributed by atoms with Crippen molar-refractivity contribution >= 4 is 108 Å². The van der Waals surface area contributed by atoms with E-state index in [1.807, 2.05) is 24.4 Å². The number of esters is 1. The number of hydrazine groups is 1. The van der Waals surface area contributed by atoms with E-state index in [1.54, 1.807) is 13.3 Å². The molecule has 3 aromatic heterocycles. The molecule has 2 amide bonds. The largest absolute Gasteiger partial charge is 0.464 e. The first-order valence-corrected chi connectivity index (χ1v) is 20.0. The minimum Gasteiger partial charge on any atom is -0.464 e. The molecule has 0 radical (unpaired) electrons. The van der Waals surface area contributed by atoms with Crippen LogP contribution >= 0.6 is 78.8 Å². The molecular formula is C40H58F3N7O5S6. The standard InChI is InChI=1S/C40H48F3N7O5S.5H2S/c1-6-49-32-12-11-23-15-25(32)26(35(49)24-9-7-13-45-34(24)22(2)54-5)17-39(3,4)21-55-38(53)29-10-8-14-50(48-29)37(52)30(16-33-46-31(23)20-56-33)47-36(51)27-18-44-19-28(27)40(41,42)43;;;;;/h7,9,11-13,15,20,22,27-30,44,48H,6,8,10,14,16-19,21H2,1-5H3,(H,47,51);5*1H2/t22-,27+,28+,29-,30-;;;;;/m0...../s1. The van der Waals surface area contributed by atoms with Crippen LogP contribution in [0, 0.1) is 17.3 Å². The van der Waals surface area contributed by atoms with Crippen molar-refractivity contribution in [3.8, 4) is 22.5 Å². The zero-order valence-corrected chi connectivity index (χ0v) is 40.5. The number of rotatable bonds is 6. The van der Waals surface area contributed by atoms with Gasteiger partial charge in [0.2, 0.25) is 5.91 Å². The average Bonchev–Trinajstić information content (AvgIpc) is 3.94. The summed E-state index contributed by atoms with van der Waals surface area (Å²) in [4.78, 5) is 50.9. The number of hydrogen-bond acceptors (Lipinski definition) is 10. The van der Waals surface area contributed by atoms with Gasteiger partial charge in [0, 0.05) is 78.7 Å². The predicted octanol–water partition coefficient (Wildman–Crippen LogP) is 6.16. The number of aromatic nitrogens is 3. The number of carbonyl (C=O) groups is 3. The lowest BCUT2D eigenvalue weighted by Crippen LogP contribution is -2.61. The number of amides is 2. The maximum absolute atomic E-state index is 14.1. The number of aryl methyl sites for hydroxylation is 1. The molecule has 5 atom stereocenters. The molecule has 2 fully saturated rings. The zero-order chi connectivity index (χ0) is 39.9. The molecule has 0 saturated carbocycles. The molecule has 7 rings (SSSR count). The van der Waals surface area contributed by atoms with Crippen molar-refractivity contribution in [2.45, 2.75) is 84.3 Å². The number of carbonyl (C=O) groups excluding carboxylic acids is 3. The summed E-state index contributed by atoms with van der Waals surface area (Å²) < 4.78 is 55.6. The van der Waals surface area contributed by atoms with Crippen LogP contribution in [0.1, 0.15) is 62.9 Å². The maximum Gasteiger partial charge on any atom is 0.393 e. The SMILES string of the molecule is CCn1c(-c2cccnc2[C@H](C)OC)c2c3cc(ccc31)-c1csc(n1)C[C@H](NC(=O)[C@@H]1CNC[C@H]1C(F)(F)F)C(=O)N1CCC[C@H](N1)C(=O)OCC(C)(C)C2.S.S.S.S.S. The van der Waals surface area contributed by atoms with Crippen molar-refractivity contribution < 1.29 is 37.0 Å². The fraction of sp³-hybridized carbons (Fsp3) is 0.525. The molecule has 4 aromatic rings. The first-order valence-electron chi connectivity index (χ1n) is 19.1. The second-order valence-electron chi connectivity index (χ2n) is 15.7. The molecule has 1 aromatic carbocycles. The quantitative estimate of drug-likeness (QED) is 0.194. The lowest BCUT2D eigenvalue weighted by atomic mass is 9.84. The third kappa shape index (κ3) is 11.6. The zero-order valence-electron chi connectivity index (χ0n) is 34.7. The second kappa shape index (κ2) is 22.3. The first-order chi connectivity index (χ1) is 26.7. The van der Waals surface area contributed by atoms with E-state index in [9.17, 15) is 27.6 Å². The Labute approximate surface area is 393 Å². The highest BCUT2D eigenvalue weighted by Crippen LogP contribution is 2.42. The van der Waals surface area contributed by atoms with E-state index in [1.165, 1.54) is 16.3 Å². The topological polar surface area (TPSA) is 140 Å². The fourth-order valence-electron chi connectivity index (χ4n) is 8.14. The Kier molecular flexibility index (Phi) is 19.9. The highest BCUT2D eigenvalue weighted by molar-refractivity contribution is 7.60. The summed E-state index contributed by atoms with van der Waals surface area (Å²) in [6, 6.07) is 8.07. The van der Waals surface area contributed by atoms with E-state index in [0.717, 1.165) is 39.0 Å². The van der Waals surface area contributed by atoms with E-state index >= 15 is 0 Å². The van der Waals surface area contributed by atoms with Crippen LogP contribution in [0.4, 0.5) is 13.2 Å². The van der Waals surface area contributed by atoms with Crippen molar-refractivity contribution in [1.82, 2.24) is 35.6 Å². The van der Waals surface area contributed by atoms with Crippen molar-refractivity contribution in [3.63, 3.8) is 0 Å². The Hall–Kier alpha value is -2.63. The number of cyclic esters (lactones) is 1. The number of pyridine rings is 1. The molecule has 3 aliphatic heterocycles. The third-order valence-corrected chi connectivity index (χ3v) is 12.0. The monoisotopic (exact) mass is 965 g/mol. The number of nitrogens with zero attached hydrogens (tertiary/aromatic N) is 4. The Bertz CT molecular complexity index is 2140. The Morgan fingerprint density at radius 3 is 2.56 bits per heavy atom.